The Bertz CT molecular complexity index is 717. The molecule has 7 nitrogen and oxygen atoms in total. The molecule has 0 unspecified atom stereocenters. The van der Waals surface area contributed by atoms with Crippen molar-refractivity contribution in [2.75, 3.05) is 6.61 Å². The molecule has 2 rings (SSSR count). The lowest BCUT2D eigenvalue weighted by Crippen LogP contribution is -2.04. The highest BCUT2D eigenvalue weighted by molar-refractivity contribution is 9.10. The van der Waals surface area contributed by atoms with Gasteiger partial charge >= 0.3 is 5.97 Å². The van der Waals surface area contributed by atoms with Crippen LogP contribution in [0.5, 0.6) is 0 Å². The minimum atomic E-state index is -0.761. The van der Waals surface area contributed by atoms with Crippen LogP contribution in [0.2, 0.25) is 0 Å². The van der Waals surface area contributed by atoms with Gasteiger partial charge in [-0.1, -0.05) is 0 Å². The highest BCUT2D eigenvalue weighted by Gasteiger charge is 2.21. The van der Waals surface area contributed by atoms with Crippen LogP contribution in [0, 0.1) is 15.9 Å². The van der Waals surface area contributed by atoms with Crippen LogP contribution in [0.4, 0.5) is 10.1 Å². The Morgan fingerprint density at radius 1 is 1.57 bits per heavy atom. The molecule has 1 aromatic heterocycles. The minimum Gasteiger partial charge on any atom is -0.462 e. The van der Waals surface area contributed by atoms with Gasteiger partial charge in [-0.2, -0.15) is 5.10 Å². The first-order chi connectivity index (χ1) is 9.93. The second kappa shape index (κ2) is 6.00. The van der Waals surface area contributed by atoms with E-state index in [0.717, 1.165) is 10.7 Å². The Kier molecular flexibility index (Phi) is 4.32. The molecule has 0 N–H and O–H groups in total. The summed E-state index contributed by atoms with van der Waals surface area (Å²) in [5, 5.41) is 14.9. The number of nitro groups is 1. The Hall–Kier alpha value is -2.29. The van der Waals surface area contributed by atoms with Gasteiger partial charge in [0.2, 0.25) is 0 Å². The van der Waals surface area contributed by atoms with Gasteiger partial charge in [-0.05, 0) is 28.9 Å². The third-order valence-corrected chi connectivity index (χ3v) is 3.16. The van der Waals surface area contributed by atoms with Gasteiger partial charge in [-0.25, -0.2) is 13.9 Å². The summed E-state index contributed by atoms with van der Waals surface area (Å²) in [7, 11) is 0. The molecule has 0 fully saturated rings. The Morgan fingerprint density at radius 2 is 2.29 bits per heavy atom. The molecule has 2 aromatic rings. The number of carbonyl (C=O) groups is 1. The topological polar surface area (TPSA) is 87.3 Å². The lowest BCUT2D eigenvalue weighted by Gasteiger charge is -2.04. The van der Waals surface area contributed by atoms with Crippen LogP contribution in [0.1, 0.15) is 17.3 Å². The van der Waals surface area contributed by atoms with Crippen molar-refractivity contribution in [1.82, 2.24) is 9.78 Å². The maximum Gasteiger partial charge on any atom is 0.341 e. The van der Waals surface area contributed by atoms with Crippen LogP contribution in [-0.2, 0) is 4.74 Å². The lowest BCUT2D eigenvalue weighted by molar-refractivity contribution is -0.384. The molecule has 0 spiro atoms. The summed E-state index contributed by atoms with van der Waals surface area (Å²) in [5.74, 6) is -1.35. The Balaban J connectivity index is 2.49. The van der Waals surface area contributed by atoms with Gasteiger partial charge < -0.3 is 4.74 Å². The van der Waals surface area contributed by atoms with Crippen LogP contribution in [0.3, 0.4) is 0 Å². The first-order valence-electron chi connectivity index (χ1n) is 5.79. The van der Waals surface area contributed by atoms with Crippen LogP contribution in [0.15, 0.2) is 29.0 Å². The average molecular weight is 358 g/mol. The van der Waals surface area contributed by atoms with Crippen molar-refractivity contribution < 1.29 is 18.8 Å². The minimum absolute atomic E-state index is 0.0313. The first kappa shape index (κ1) is 15.1. The third-order valence-electron chi connectivity index (χ3n) is 2.55. The first-order valence-corrected chi connectivity index (χ1v) is 6.59. The third kappa shape index (κ3) is 3.07. The highest BCUT2D eigenvalue weighted by Crippen LogP contribution is 2.29. The van der Waals surface area contributed by atoms with E-state index in [1.165, 1.54) is 18.5 Å². The van der Waals surface area contributed by atoms with E-state index in [9.17, 15) is 19.3 Å². The van der Waals surface area contributed by atoms with Crippen molar-refractivity contribution in [1.29, 1.82) is 0 Å². The fraction of sp³-hybridized carbons (Fsp3) is 0.167. The monoisotopic (exact) mass is 357 g/mol. The number of hydrogen-bond donors (Lipinski definition) is 0. The van der Waals surface area contributed by atoms with E-state index in [1.807, 2.05) is 0 Å². The molecule has 1 heterocycles. The highest BCUT2D eigenvalue weighted by atomic mass is 79.9. The van der Waals surface area contributed by atoms with Gasteiger partial charge in [0.25, 0.3) is 5.69 Å². The summed E-state index contributed by atoms with van der Waals surface area (Å²) in [4.78, 5) is 21.8. The molecule has 21 heavy (non-hydrogen) atoms. The summed E-state index contributed by atoms with van der Waals surface area (Å²) in [6.45, 7) is 1.86. The number of esters is 1. The van der Waals surface area contributed by atoms with Crippen molar-refractivity contribution >= 4 is 27.6 Å². The normalized spacial score (nSPS) is 10.4. The number of rotatable bonds is 4. The molecule has 0 saturated carbocycles. The zero-order chi connectivity index (χ0) is 15.6. The molecular formula is C12H9BrFN3O4. The van der Waals surface area contributed by atoms with Crippen LogP contribution in [-0.4, -0.2) is 27.3 Å². The smallest absolute Gasteiger partial charge is 0.341 e. The number of hydrogen-bond acceptors (Lipinski definition) is 5. The van der Waals surface area contributed by atoms with E-state index in [0.29, 0.717) is 0 Å². The number of aromatic nitrogens is 2. The van der Waals surface area contributed by atoms with Gasteiger partial charge in [0, 0.05) is 6.20 Å². The summed E-state index contributed by atoms with van der Waals surface area (Å²) in [6, 6.07) is 2.00. The van der Waals surface area contributed by atoms with Crippen molar-refractivity contribution in [3.63, 3.8) is 0 Å². The van der Waals surface area contributed by atoms with Crippen molar-refractivity contribution in [2.45, 2.75) is 6.92 Å². The number of halogens is 2. The average Bonchev–Trinajstić information content (AvgIpc) is 2.91. The summed E-state index contributed by atoms with van der Waals surface area (Å²) in [6.07, 6.45) is 2.50. The summed E-state index contributed by atoms with van der Waals surface area (Å²) < 4.78 is 19.4. The molecule has 0 aliphatic heterocycles. The Labute approximate surface area is 126 Å². The summed E-state index contributed by atoms with van der Waals surface area (Å²) in [5.41, 5.74) is -0.287. The van der Waals surface area contributed by atoms with Crippen LogP contribution < -0.4 is 0 Å². The van der Waals surface area contributed by atoms with Crippen molar-refractivity contribution in [3.05, 3.63) is 50.5 Å². The molecule has 0 saturated heterocycles. The fourth-order valence-corrected chi connectivity index (χ4v) is 1.96. The largest absolute Gasteiger partial charge is 0.462 e. The Morgan fingerprint density at radius 3 is 2.90 bits per heavy atom. The van der Waals surface area contributed by atoms with Crippen LogP contribution >= 0.6 is 15.9 Å². The number of ether oxygens (including phenoxy) is 1. The fourth-order valence-electron chi connectivity index (χ4n) is 1.63. The molecule has 0 amide bonds. The molecule has 0 aliphatic carbocycles. The second-order valence-electron chi connectivity index (χ2n) is 3.91. The maximum atomic E-state index is 13.4. The van der Waals surface area contributed by atoms with Gasteiger partial charge in [0.15, 0.2) is 0 Å². The molecule has 0 atom stereocenters. The van der Waals surface area contributed by atoms with E-state index in [-0.39, 0.29) is 22.3 Å². The van der Waals surface area contributed by atoms with Crippen molar-refractivity contribution in [2.24, 2.45) is 0 Å². The molecular weight excluding hydrogens is 349 g/mol. The quantitative estimate of drug-likeness (QED) is 0.477. The van der Waals surface area contributed by atoms with E-state index >= 15 is 0 Å². The van der Waals surface area contributed by atoms with Gasteiger partial charge in [-0.3, -0.25) is 10.1 Å². The molecule has 110 valence electrons. The standard InChI is InChI=1S/C12H9BrFN3O4/c1-2-21-12(18)7-5-15-16(6-7)10-3-8(13)9(14)4-11(10)17(19)20/h3-6H,2H2,1H3. The number of nitrogens with zero attached hydrogens (tertiary/aromatic N) is 3. The van der Waals surface area contributed by atoms with E-state index in [4.69, 9.17) is 4.74 Å². The molecule has 0 radical (unpaired) electrons. The molecule has 0 aliphatic rings. The summed E-state index contributed by atoms with van der Waals surface area (Å²) >= 11 is 2.96. The number of nitro benzene ring substituents is 1. The van der Waals surface area contributed by atoms with Gasteiger partial charge in [0.1, 0.15) is 11.5 Å². The SMILES string of the molecule is CCOC(=O)c1cnn(-c2cc(Br)c(F)cc2[N+](=O)[O-])c1. The lowest BCUT2D eigenvalue weighted by atomic mass is 10.2. The zero-order valence-electron chi connectivity index (χ0n) is 10.7. The number of benzene rings is 1. The maximum absolute atomic E-state index is 13.4. The second-order valence-corrected chi connectivity index (χ2v) is 4.76. The number of carbonyl (C=O) groups excluding carboxylic acids is 1. The van der Waals surface area contributed by atoms with Gasteiger partial charge in [0.05, 0.1) is 33.8 Å². The zero-order valence-corrected chi connectivity index (χ0v) is 12.3. The van der Waals surface area contributed by atoms with Crippen LogP contribution in [0.25, 0.3) is 5.69 Å². The predicted octanol–water partition coefficient (Wildman–Crippen LogP) is 2.86. The van der Waals surface area contributed by atoms with E-state index in [2.05, 4.69) is 21.0 Å². The van der Waals surface area contributed by atoms with E-state index < -0.39 is 22.4 Å². The van der Waals surface area contributed by atoms with Gasteiger partial charge in [-0.15, -0.1) is 0 Å². The molecule has 9 heteroatoms. The molecule has 1 aromatic carbocycles. The molecule has 0 bridgehead atoms. The predicted molar refractivity (Wildman–Crippen MR) is 73.8 cm³/mol. The van der Waals surface area contributed by atoms with E-state index in [1.54, 1.807) is 6.92 Å². The van der Waals surface area contributed by atoms with Crippen molar-refractivity contribution in [3.8, 4) is 5.69 Å².